The average Bonchev–Trinajstić information content (AvgIpc) is 2.93. The van der Waals surface area contributed by atoms with Crippen LogP contribution in [0, 0.1) is 11.8 Å². The molecule has 2 aliphatic rings. The summed E-state index contributed by atoms with van der Waals surface area (Å²) in [4.78, 5) is 54.4. The highest BCUT2D eigenvalue weighted by atomic mass is 35.5. The average molecular weight is 614 g/mol. The van der Waals surface area contributed by atoms with Crippen molar-refractivity contribution in [2.45, 2.75) is 56.0 Å². The van der Waals surface area contributed by atoms with Crippen molar-refractivity contribution in [2.24, 2.45) is 11.8 Å². The number of carboxylic acid groups (broad SMARTS) is 1. The van der Waals surface area contributed by atoms with Gasteiger partial charge in [0.05, 0.1) is 24.5 Å². The smallest absolute Gasteiger partial charge is 0.408 e. The number of carbonyl (C=O) groups is 4. The Labute approximate surface area is 248 Å². The molecule has 0 bridgehead atoms. The number of likely N-dealkylation sites (N-methyl/N-ethyl adjacent to an activating group) is 1. The number of hydrogen-bond donors (Lipinski definition) is 2. The molecule has 3 rings (SSSR count). The number of alkyl carbamates (subject to hydrolysis) is 1. The summed E-state index contributed by atoms with van der Waals surface area (Å²) in [6, 6.07) is 5.93. The fraction of sp³-hybridized carbons (Fsp3) is 0.586. The van der Waals surface area contributed by atoms with Gasteiger partial charge in [0.2, 0.25) is 17.7 Å². The van der Waals surface area contributed by atoms with Crippen molar-refractivity contribution in [1.29, 1.82) is 0 Å². The van der Waals surface area contributed by atoms with E-state index >= 15 is 0 Å². The summed E-state index contributed by atoms with van der Waals surface area (Å²) >= 11 is 6.08. The van der Waals surface area contributed by atoms with Crippen molar-refractivity contribution in [3.05, 3.63) is 47.5 Å². The molecule has 10 nitrogen and oxygen atoms in total. The van der Waals surface area contributed by atoms with Gasteiger partial charge in [0.25, 0.3) is 0 Å². The summed E-state index contributed by atoms with van der Waals surface area (Å²) in [5, 5.41) is 12.5. The number of rotatable bonds is 13. The molecule has 3 atom stereocenters. The van der Waals surface area contributed by atoms with Crippen molar-refractivity contribution < 1.29 is 42.5 Å². The third-order valence-corrected chi connectivity index (χ3v) is 8.27. The van der Waals surface area contributed by atoms with Gasteiger partial charge in [-0.05, 0) is 42.9 Å². The minimum atomic E-state index is -2.91. The van der Waals surface area contributed by atoms with Crippen molar-refractivity contribution >= 4 is 35.5 Å². The van der Waals surface area contributed by atoms with Crippen molar-refractivity contribution in [3.8, 4) is 0 Å². The van der Waals surface area contributed by atoms with Gasteiger partial charge in [-0.15, -0.1) is 0 Å². The lowest BCUT2D eigenvalue weighted by Crippen LogP contribution is -2.65. The van der Waals surface area contributed by atoms with Gasteiger partial charge in [0, 0.05) is 45.1 Å². The number of halogens is 3. The van der Waals surface area contributed by atoms with Crippen LogP contribution in [0.2, 0.25) is 5.02 Å². The van der Waals surface area contributed by atoms with Gasteiger partial charge in [-0.25, -0.2) is 13.6 Å². The summed E-state index contributed by atoms with van der Waals surface area (Å²) in [5.74, 6) is -7.00. The highest BCUT2D eigenvalue weighted by Crippen LogP contribution is 2.48. The Hall–Kier alpha value is -3.25. The lowest BCUT2D eigenvalue weighted by atomic mass is 9.71. The second kappa shape index (κ2) is 14.3. The molecular formula is C29H38ClF2N3O7. The largest absolute Gasteiger partial charge is 0.481 e. The molecule has 42 heavy (non-hydrogen) atoms. The Kier molecular flexibility index (Phi) is 11.3. The van der Waals surface area contributed by atoms with Gasteiger partial charge in [0.15, 0.2) is 0 Å². The molecule has 1 aromatic carbocycles. The zero-order chi connectivity index (χ0) is 31.1. The van der Waals surface area contributed by atoms with E-state index in [2.05, 4.69) is 11.9 Å². The number of amides is 3. The van der Waals surface area contributed by atoms with Crippen LogP contribution >= 0.6 is 11.6 Å². The van der Waals surface area contributed by atoms with E-state index in [0.717, 1.165) is 5.56 Å². The number of piperidine rings is 1. The van der Waals surface area contributed by atoms with E-state index in [1.807, 2.05) is 12.1 Å². The molecule has 1 aromatic rings. The molecule has 13 heteroatoms. The van der Waals surface area contributed by atoms with E-state index in [9.17, 15) is 33.1 Å². The van der Waals surface area contributed by atoms with Gasteiger partial charge in [0.1, 0.15) is 12.6 Å². The van der Waals surface area contributed by atoms with Gasteiger partial charge in [-0.3, -0.25) is 14.4 Å². The van der Waals surface area contributed by atoms with Crippen LogP contribution in [0.5, 0.6) is 0 Å². The molecule has 0 unspecified atom stereocenters. The second-order valence-electron chi connectivity index (χ2n) is 11.1. The van der Waals surface area contributed by atoms with Crippen molar-refractivity contribution in [2.75, 3.05) is 40.5 Å². The number of benzene rings is 1. The molecule has 0 radical (unpaired) electrons. The maximum absolute atomic E-state index is 13.9. The molecule has 3 amide bonds. The first-order chi connectivity index (χ1) is 19.8. The molecular weight excluding hydrogens is 576 g/mol. The predicted molar refractivity (Wildman–Crippen MR) is 150 cm³/mol. The van der Waals surface area contributed by atoms with Crippen LogP contribution in [0.3, 0.4) is 0 Å². The van der Waals surface area contributed by atoms with Crippen LogP contribution in [0.25, 0.3) is 0 Å². The number of carboxylic acids is 1. The highest BCUT2D eigenvalue weighted by molar-refractivity contribution is 6.30. The van der Waals surface area contributed by atoms with E-state index in [-0.39, 0.29) is 26.3 Å². The van der Waals surface area contributed by atoms with Gasteiger partial charge in [-0.2, -0.15) is 0 Å². The Morgan fingerprint density at radius 2 is 1.93 bits per heavy atom. The topological polar surface area (TPSA) is 125 Å². The first-order valence-electron chi connectivity index (χ1n) is 13.7. The van der Waals surface area contributed by atoms with Crippen LogP contribution in [0.1, 0.15) is 37.7 Å². The zero-order valence-electron chi connectivity index (χ0n) is 23.8. The summed E-state index contributed by atoms with van der Waals surface area (Å²) in [5.41, 5.74) is -0.148. The third kappa shape index (κ3) is 8.41. The lowest BCUT2D eigenvalue weighted by molar-refractivity contribution is -0.164. The van der Waals surface area contributed by atoms with E-state index in [0.29, 0.717) is 24.3 Å². The number of carbonyl (C=O) groups excluding carboxylic acids is 3. The van der Waals surface area contributed by atoms with E-state index < -0.39 is 72.5 Å². The van der Waals surface area contributed by atoms with Gasteiger partial charge in [-0.1, -0.05) is 36.4 Å². The number of likely N-dealkylation sites (tertiary alicyclic amines) is 1. The molecule has 1 saturated heterocycles. The number of alkyl halides is 2. The minimum absolute atomic E-state index is 0.0382. The molecule has 0 aromatic heterocycles. The monoisotopic (exact) mass is 613 g/mol. The molecule has 1 heterocycles. The zero-order valence-corrected chi connectivity index (χ0v) is 24.6. The molecule has 1 aliphatic heterocycles. The first kappa shape index (κ1) is 33.3. The second-order valence-corrected chi connectivity index (χ2v) is 11.5. The third-order valence-electron chi connectivity index (χ3n) is 8.01. The summed E-state index contributed by atoms with van der Waals surface area (Å²) < 4.78 is 37.6. The Bertz CT molecular complexity index is 1140. The number of ether oxygens (including phenoxy) is 2. The van der Waals surface area contributed by atoms with Crippen molar-refractivity contribution in [1.82, 2.24) is 15.1 Å². The van der Waals surface area contributed by atoms with E-state index in [4.69, 9.17) is 21.1 Å². The van der Waals surface area contributed by atoms with Crippen LogP contribution in [0.4, 0.5) is 13.6 Å². The maximum atomic E-state index is 13.9. The number of nitrogens with zero attached hydrogens (tertiary/aromatic N) is 2. The van der Waals surface area contributed by atoms with E-state index in [1.54, 1.807) is 19.2 Å². The molecule has 2 N–H and O–H groups in total. The van der Waals surface area contributed by atoms with Gasteiger partial charge < -0.3 is 29.7 Å². The van der Waals surface area contributed by atoms with Crippen molar-refractivity contribution in [3.63, 3.8) is 0 Å². The molecule has 2 fully saturated rings. The van der Waals surface area contributed by atoms with Crippen LogP contribution < -0.4 is 5.32 Å². The lowest BCUT2D eigenvalue weighted by Gasteiger charge is -2.50. The Balaban J connectivity index is 1.92. The fourth-order valence-corrected chi connectivity index (χ4v) is 5.94. The maximum Gasteiger partial charge on any atom is 0.408 e. The van der Waals surface area contributed by atoms with E-state index in [1.165, 1.54) is 23.0 Å². The predicted octanol–water partition coefficient (Wildman–Crippen LogP) is 3.77. The fourth-order valence-electron chi connectivity index (χ4n) is 5.82. The summed E-state index contributed by atoms with van der Waals surface area (Å²) in [6.07, 6.45) is 0.185. The molecule has 1 aliphatic carbocycles. The number of nitrogens with one attached hydrogen (secondary N) is 1. The Morgan fingerprint density at radius 3 is 2.50 bits per heavy atom. The van der Waals surface area contributed by atoms with Crippen LogP contribution in [-0.4, -0.2) is 96.7 Å². The molecule has 232 valence electrons. The normalized spacial score (nSPS) is 21.4. The van der Waals surface area contributed by atoms with Crippen LogP contribution in [0.15, 0.2) is 36.9 Å². The summed E-state index contributed by atoms with van der Waals surface area (Å²) in [6.45, 7) is 3.61. The molecule has 0 spiro atoms. The molecule has 1 saturated carbocycles. The number of methoxy groups -OCH3 is 1. The summed E-state index contributed by atoms with van der Waals surface area (Å²) in [7, 11) is 2.96. The minimum Gasteiger partial charge on any atom is -0.481 e. The number of aliphatic carboxylic acids is 1. The van der Waals surface area contributed by atoms with Crippen LogP contribution in [-0.2, 0) is 30.3 Å². The highest BCUT2D eigenvalue weighted by Gasteiger charge is 2.52. The number of hydrogen-bond acceptors (Lipinski definition) is 6. The SMILES string of the molecule is C=CCOC(=O)N[C@@H](COC)C(=O)N(C)[C@@]1(Cc2ccc(Cl)cc2)CCCN(C(=O)[C@@H](CC(=O)O)C2CC(F)(F)C2)C1. The Morgan fingerprint density at radius 1 is 1.26 bits per heavy atom. The first-order valence-corrected chi connectivity index (χ1v) is 14.1. The van der Waals surface area contributed by atoms with Gasteiger partial charge >= 0.3 is 12.1 Å². The quantitative estimate of drug-likeness (QED) is 0.325. The standard InChI is InChI=1S/C29H38ClF2N3O7/c1-4-12-42-27(40)33-23(17-41-3)26(39)34(2)28(14-19-6-8-21(30)9-7-19)10-5-11-35(18-28)25(38)22(13-24(36)37)20-15-29(31,32)16-20/h4,6-9,20,22-23H,1,5,10-18H2,2-3H3,(H,33,40)(H,36,37)/t22-,23-,28+/m0/s1.